The van der Waals surface area contributed by atoms with Gasteiger partial charge in [0.25, 0.3) is 0 Å². The molecule has 0 amide bonds. The first kappa shape index (κ1) is 15.0. The summed E-state index contributed by atoms with van der Waals surface area (Å²) in [4.78, 5) is 0. The predicted molar refractivity (Wildman–Crippen MR) is 71.9 cm³/mol. The van der Waals surface area contributed by atoms with Crippen LogP contribution in [0.1, 0.15) is 31.0 Å². The van der Waals surface area contributed by atoms with Gasteiger partial charge < -0.3 is 14.8 Å². The van der Waals surface area contributed by atoms with Crippen molar-refractivity contribution in [3.8, 4) is 5.88 Å². The summed E-state index contributed by atoms with van der Waals surface area (Å²) < 4.78 is 12.5. The highest BCUT2D eigenvalue weighted by Gasteiger charge is 2.12. The van der Waals surface area contributed by atoms with Crippen LogP contribution in [0.25, 0.3) is 0 Å². The van der Waals surface area contributed by atoms with Crippen molar-refractivity contribution in [1.82, 2.24) is 15.1 Å². The molecule has 0 radical (unpaired) electrons. The zero-order valence-corrected chi connectivity index (χ0v) is 12.0. The molecule has 0 atom stereocenters. The van der Waals surface area contributed by atoms with Crippen molar-refractivity contribution in [1.29, 1.82) is 0 Å². The summed E-state index contributed by atoms with van der Waals surface area (Å²) in [6.45, 7) is 7.54. The Hall–Kier alpha value is -1.07. The molecule has 18 heavy (non-hydrogen) atoms. The van der Waals surface area contributed by atoms with E-state index in [4.69, 9.17) is 9.47 Å². The van der Waals surface area contributed by atoms with Crippen LogP contribution in [0.5, 0.6) is 5.88 Å². The van der Waals surface area contributed by atoms with E-state index in [-0.39, 0.29) is 0 Å². The van der Waals surface area contributed by atoms with E-state index in [1.165, 1.54) is 0 Å². The van der Waals surface area contributed by atoms with Crippen LogP contribution in [-0.2, 0) is 18.3 Å². The van der Waals surface area contributed by atoms with Crippen LogP contribution in [0.4, 0.5) is 0 Å². The molecule has 1 rings (SSSR count). The van der Waals surface area contributed by atoms with Crippen molar-refractivity contribution >= 4 is 0 Å². The van der Waals surface area contributed by atoms with Crippen molar-refractivity contribution in [2.75, 3.05) is 26.9 Å². The third-order valence-electron chi connectivity index (χ3n) is 2.77. The Balaban J connectivity index is 2.27. The third kappa shape index (κ3) is 4.31. The fourth-order valence-electron chi connectivity index (χ4n) is 1.90. The van der Waals surface area contributed by atoms with Gasteiger partial charge in [0.1, 0.15) is 0 Å². The van der Waals surface area contributed by atoms with E-state index in [9.17, 15) is 0 Å². The molecule has 1 aromatic rings. The molecule has 0 unspecified atom stereocenters. The first-order valence-electron chi connectivity index (χ1n) is 6.55. The van der Waals surface area contributed by atoms with Gasteiger partial charge in [0, 0.05) is 26.8 Å². The molecule has 5 heteroatoms. The second-order valence-corrected chi connectivity index (χ2v) is 4.34. The van der Waals surface area contributed by atoms with Gasteiger partial charge in [0.05, 0.1) is 18.4 Å². The van der Waals surface area contributed by atoms with Gasteiger partial charge in [0.15, 0.2) is 0 Å². The van der Waals surface area contributed by atoms with Crippen LogP contribution in [-0.4, -0.2) is 36.6 Å². The largest absolute Gasteiger partial charge is 0.481 e. The number of ether oxygens (including phenoxy) is 2. The summed E-state index contributed by atoms with van der Waals surface area (Å²) in [5.41, 5.74) is 2.15. The Morgan fingerprint density at radius 2 is 2.11 bits per heavy atom. The number of nitrogens with zero attached hydrogens (tertiary/aromatic N) is 2. The van der Waals surface area contributed by atoms with E-state index < -0.39 is 0 Å². The smallest absolute Gasteiger partial charge is 0.216 e. The zero-order chi connectivity index (χ0) is 13.4. The van der Waals surface area contributed by atoms with Gasteiger partial charge in [-0.25, -0.2) is 4.68 Å². The molecule has 1 aromatic heterocycles. The Morgan fingerprint density at radius 3 is 2.78 bits per heavy atom. The summed E-state index contributed by atoms with van der Waals surface area (Å²) in [6.07, 6.45) is 2.11. The molecule has 0 aliphatic heterocycles. The van der Waals surface area contributed by atoms with Gasteiger partial charge in [-0.15, -0.1) is 0 Å². The van der Waals surface area contributed by atoms with Crippen LogP contribution in [0.3, 0.4) is 0 Å². The fraction of sp³-hybridized carbons (Fsp3) is 0.769. The molecule has 5 nitrogen and oxygen atoms in total. The summed E-state index contributed by atoms with van der Waals surface area (Å²) >= 11 is 0. The maximum Gasteiger partial charge on any atom is 0.216 e. The summed E-state index contributed by atoms with van der Waals surface area (Å²) in [5.74, 6) is 0.835. The number of methoxy groups -OCH3 is 1. The van der Waals surface area contributed by atoms with Crippen LogP contribution < -0.4 is 10.1 Å². The number of aromatic nitrogens is 2. The maximum atomic E-state index is 5.43. The molecule has 0 aliphatic rings. The average Bonchev–Trinajstić information content (AvgIpc) is 2.62. The molecule has 1 N–H and O–H groups in total. The van der Waals surface area contributed by atoms with E-state index in [1.807, 2.05) is 14.0 Å². The molecular formula is C13H25N3O2. The van der Waals surface area contributed by atoms with E-state index in [0.29, 0.717) is 0 Å². The SMILES string of the molecule is CCCOCCCNCc1c(C)nn(C)c1OC. The zero-order valence-electron chi connectivity index (χ0n) is 12.0. The number of aryl methyl sites for hydroxylation is 2. The number of rotatable bonds is 9. The lowest BCUT2D eigenvalue weighted by Crippen LogP contribution is -2.17. The fourth-order valence-corrected chi connectivity index (χ4v) is 1.90. The van der Waals surface area contributed by atoms with Crippen LogP contribution in [0.15, 0.2) is 0 Å². The van der Waals surface area contributed by atoms with Crippen LogP contribution >= 0.6 is 0 Å². The van der Waals surface area contributed by atoms with Gasteiger partial charge in [-0.2, -0.15) is 5.10 Å². The Kier molecular flexibility index (Phi) is 6.75. The molecule has 0 fully saturated rings. The highest BCUT2D eigenvalue weighted by atomic mass is 16.5. The number of hydrogen-bond acceptors (Lipinski definition) is 4. The molecular weight excluding hydrogens is 230 g/mol. The Labute approximate surface area is 109 Å². The molecule has 0 aromatic carbocycles. The predicted octanol–water partition coefficient (Wildman–Crippen LogP) is 1.64. The van der Waals surface area contributed by atoms with E-state index >= 15 is 0 Å². The van der Waals surface area contributed by atoms with Gasteiger partial charge in [-0.05, 0) is 26.3 Å². The van der Waals surface area contributed by atoms with Crippen LogP contribution in [0.2, 0.25) is 0 Å². The minimum atomic E-state index is 0.788. The minimum absolute atomic E-state index is 0.788. The molecule has 0 saturated carbocycles. The molecule has 0 bridgehead atoms. The maximum absolute atomic E-state index is 5.43. The average molecular weight is 255 g/mol. The van der Waals surface area contributed by atoms with Crippen molar-refractivity contribution in [2.45, 2.75) is 33.2 Å². The standard InChI is InChI=1S/C13H25N3O2/c1-5-8-18-9-6-7-14-10-12-11(2)15-16(3)13(12)17-4/h14H,5-10H2,1-4H3. The second kappa shape index (κ2) is 8.11. The summed E-state index contributed by atoms with van der Waals surface area (Å²) in [5, 5.41) is 7.74. The molecule has 0 aliphatic carbocycles. The molecule has 104 valence electrons. The topological polar surface area (TPSA) is 48.3 Å². The summed E-state index contributed by atoms with van der Waals surface area (Å²) in [7, 11) is 3.58. The van der Waals surface area contributed by atoms with Crippen molar-refractivity contribution in [2.24, 2.45) is 7.05 Å². The molecule has 0 saturated heterocycles. The van der Waals surface area contributed by atoms with E-state index in [2.05, 4.69) is 17.3 Å². The molecule has 1 heterocycles. The molecule has 0 spiro atoms. The normalized spacial score (nSPS) is 10.9. The first-order valence-corrected chi connectivity index (χ1v) is 6.55. The van der Waals surface area contributed by atoms with E-state index in [1.54, 1.807) is 11.8 Å². The van der Waals surface area contributed by atoms with Gasteiger partial charge in [0.2, 0.25) is 5.88 Å². The summed E-state index contributed by atoms with van der Waals surface area (Å²) in [6, 6.07) is 0. The lowest BCUT2D eigenvalue weighted by molar-refractivity contribution is 0.132. The highest BCUT2D eigenvalue weighted by Crippen LogP contribution is 2.20. The van der Waals surface area contributed by atoms with Crippen molar-refractivity contribution < 1.29 is 9.47 Å². The quantitative estimate of drug-likeness (QED) is 0.682. The van der Waals surface area contributed by atoms with Gasteiger partial charge in [-0.1, -0.05) is 6.92 Å². The van der Waals surface area contributed by atoms with Crippen LogP contribution in [0, 0.1) is 6.92 Å². The van der Waals surface area contributed by atoms with E-state index in [0.717, 1.165) is 56.3 Å². The second-order valence-electron chi connectivity index (χ2n) is 4.34. The Bertz CT molecular complexity index is 350. The third-order valence-corrected chi connectivity index (χ3v) is 2.77. The number of hydrogen-bond donors (Lipinski definition) is 1. The number of nitrogens with one attached hydrogen (secondary N) is 1. The minimum Gasteiger partial charge on any atom is -0.481 e. The van der Waals surface area contributed by atoms with Crippen molar-refractivity contribution in [3.05, 3.63) is 11.3 Å². The highest BCUT2D eigenvalue weighted by molar-refractivity contribution is 5.30. The van der Waals surface area contributed by atoms with Crippen molar-refractivity contribution in [3.63, 3.8) is 0 Å². The lowest BCUT2D eigenvalue weighted by atomic mass is 10.2. The lowest BCUT2D eigenvalue weighted by Gasteiger charge is -2.07. The monoisotopic (exact) mass is 255 g/mol. The van der Waals surface area contributed by atoms with Gasteiger partial charge in [-0.3, -0.25) is 0 Å². The van der Waals surface area contributed by atoms with Gasteiger partial charge >= 0.3 is 0 Å². The Morgan fingerprint density at radius 1 is 1.33 bits per heavy atom. The first-order chi connectivity index (χ1) is 8.70.